The topological polar surface area (TPSA) is 82.4 Å². The highest BCUT2D eigenvalue weighted by Crippen LogP contribution is 2.29. The molecule has 0 aliphatic carbocycles. The van der Waals surface area contributed by atoms with Crippen LogP contribution in [0.1, 0.15) is 28.5 Å². The number of rotatable bonds is 9. The lowest BCUT2D eigenvalue weighted by Crippen LogP contribution is -2.20. The number of hydrogen-bond acceptors (Lipinski definition) is 5. The smallest absolute Gasteiger partial charge is 0.262 e. The van der Waals surface area contributed by atoms with Crippen LogP contribution in [0.15, 0.2) is 60.8 Å². The van der Waals surface area contributed by atoms with Crippen molar-refractivity contribution in [2.75, 3.05) is 18.5 Å². The van der Waals surface area contributed by atoms with Crippen molar-refractivity contribution >= 4 is 23.5 Å². The average molecular weight is 419 g/mol. The first-order chi connectivity index (χ1) is 15.0. The second kappa shape index (κ2) is 10.2. The van der Waals surface area contributed by atoms with E-state index < -0.39 is 0 Å². The number of anilines is 1. The normalized spacial score (nSPS) is 10.8. The van der Waals surface area contributed by atoms with E-state index in [1.54, 1.807) is 43.6 Å². The highest BCUT2D eigenvalue weighted by molar-refractivity contribution is 6.05. The molecule has 0 saturated carbocycles. The fourth-order valence-corrected chi connectivity index (χ4v) is 2.87. The van der Waals surface area contributed by atoms with Gasteiger partial charge in [0.2, 0.25) is 5.78 Å². The van der Waals surface area contributed by atoms with Crippen molar-refractivity contribution < 1.29 is 19.1 Å². The van der Waals surface area contributed by atoms with Crippen molar-refractivity contribution in [1.82, 2.24) is 9.78 Å². The molecule has 0 radical (unpaired) electrons. The van der Waals surface area contributed by atoms with E-state index in [0.29, 0.717) is 29.5 Å². The van der Waals surface area contributed by atoms with E-state index >= 15 is 0 Å². The Morgan fingerprint density at radius 2 is 1.84 bits per heavy atom. The monoisotopic (exact) mass is 419 g/mol. The fourth-order valence-electron chi connectivity index (χ4n) is 2.87. The molecule has 160 valence electrons. The van der Waals surface area contributed by atoms with Gasteiger partial charge in [-0.1, -0.05) is 29.8 Å². The van der Waals surface area contributed by atoms with Gasteiger partial charge in [0.15, 0.2) is 18.1 Å². The Morgan fingerprint density at radius 3 is 2.52 bits per heavy atom. The summed E-state index contributed by atoms with van der Waals surface area (Å²) in [6.07, 6.45) is 4.76. The predicted molar refractivity (Wildman–Crippen MR) is 119 cm³/mol. The summed E-state index contributed by atoms with van der Waals surface area (Å²) >= 11 is 0. The van der Waals surface area contributed by atoms with Gasteiger partial charge in [-0.2, -0.15) is 5.10 Å². The third kappa shape index (κ3) is 6.05. The van der Waals surface area contributed by atoms with Crippen LogP contribution in [0.3, 0.4) is 0 Å². The zero-order chi connectivity index (χ0) is 22.2. The number of nitrogens with one attached hydrogen (secondary N) is 1. The van der Waals surface area contributed by atoms with Crippen LogP contribution >= 0.6 is 0 Å². The Kier molecular flexibility index (Phi) is 7.22. The summed E-state index contributed by atoms with van der Waals surface area (Å²) in [5.41, 5.74) is 3.10. The highest BCUT2D eigenvalue weighted by Gasteiger charge is 2.10. The molecule has 0 saturated heterocycles. The first-order valence-electron chi connectivity index (χ1n) is 9.93. The van der Waals surface area contributed by atoms with Gasteiger partial charge in [-0.25, -0.2) is 0 Å². The summed E-state index contributed by atoms with van der Waals surface area (Å²) in [6, 6.07) is 14.5. The van der Waals surface area contributed by atoms with Crippen LogP contribution in [0.2, 0.25) is 0 Å². The standard InChI is InChI=1S/C24H25N3O4/c1-4-30-23-15-18(7-11-21(28)20-13-14-25-27(20)3)8-12-22(23)31-16-24(29)26-19-9-5-17(2)6-10-19/h5-15H,4,16H2,1-3H3,(H,26,29)/b11-7+. The maximum Gasteiger partial charge on any atom is 0.262 e. The molecule has 2 aromatic carbocycles. The van der Waals surface area contributed by atoms with Gasteiger partial charge >= 0.3 is 0 Å². The molecule has 7 heteroatoms. The molecule has 31 heavy (non-hydrogen) atoms. The number of carbonyl (C=O) groups is 2. The summed E-state index contributed by atoms with van der Waals surface area (Å²) in [6.45, 7) is 4.13. The van der Waals surface area contributed by atoms with Gasteiger partial charge in [0.25, 0.3) is 5.91 Å². The lowest BCUT2D eigenvalue weighted by Gasteiger charge is -2.13. The molecule has 0 atom stereocenters. The van der Waals surface area contributed by atoms with Crippen LogP contribution in [-0.2, 0) is 11.8 Å². The van der Waals surface area contributed by atoms with Crippen LogP contribution in [0.4, 0.5) is 5.69 Å². The summed E-state index contributed by atoms with van der Waals surface area (Å²) in [4.78, 5) is 24.5. The lowest BCUT2D eigenvalue weighted by atomic mass is 10.1. The minimum Gasteiger partial charge on any atom is -0.490 e. The highest BCUT2D eigenvalue weighted by atomic mass is 16.5. The van der Waals surface area contributed by atoms with Crippen LogP contribution in [-0.4, -0.2) is 34.7 Å². The van der Waals surface area contributed by atoms with E-state index in [1.807, 2.05) is 38.1 Å². The third-order valence-electron chi connectivity index (χ3n) is 4.46. The minimum atomic E-state index is -0.267. The molecule has 0 fully saturated rings. The number of ether oxygens (including phenoxy) is 2. The molecular weight excluding hydrogens is 394 g/mol. The molecule has 7 nitrogen and oxygen atoms in total. The summed E-state index contributed by atoms with van der Waals surface area (Å²) in [5, 5.41) is 6.79. The number of amides is 1. The maximum atomic E-state index is 12.3. The number of hydrogen-bond donors (Lipinski definition) is 1. The van der Waals surface area contributed by atoms with Crippen molar-refractivity contribution in [1.29, 1.82) is 0 Å². The van der Waals surface area contributed by atoms with Crippen molar-refractivity contribution in [2.45, 2.75) is 13.8 Å². The van der Waals surface area contributed by atoms with E-state index in [-0.39, 0.29) is 18.3 Å². The fraction of sp³-hybridized carbons (Fsp3) is 0.208. The van der Waals surface area contributed by atoms with Crippen molar-refractivity contribution in [2.24, 2.45) is 7.05 Å². The number of aryl methyl sites for hydroxylation is 2. The Labute approximate surface area is 181 Å². The second-order valence-electron chi connectivity index (χ2n) is 6.88. The van der Waals surface area contributed by atoms with E-state index in [0.717, 1.165) is 11.1 Å². The molecule has 3 rings (SSSR count). The Bertz CT molecular complexity index is 1080. The van der Waals surface area contributed by atoms with E-state index in [9.17, 15) is 9.59 Å². The van der Waals surface area contributed by atoms with Crippen LogP contribution in [0, 0.1) is 6.92 Å². The molecule has 1 heterocycles. The number of aromatic nitrogens is 2. The van der Waals surface area contributed by atoms with E-state index in [1.165, 1.54) is 10.8 Å². The zero-order valence-electron chi connectivity index (χ0n) is 17.8. The van der Waals surface area contributed by atoms with Gasteiger partial charge in [0.05, 0.1) is 6.61 Å². The summed E-state index contributed by atoms with van der Waals surface area (Å²) < 4.78 is 12.8. The maximum absolute atomic E-state index is 12.3. The number of allylic oxidation sites excluding steroid dienone is 1. The largest absolute Gasteiger partial charge is 0.490 e. The SMILES string of the molecule is CCOc1cc(/C=C/C(=O)c2ccnn2C)ccc1OCC(=O)Nc1ccc(C)cc1. The van der Waals surface area contributed by atoms with Crippen LogP contribution in [0.5, 0.6) is 11.5 Å². The number of carbonyl (C=O) groups excluding carboxylic acids is 2. The predicted octanol–water partition coefficient (Wildman–Crippen LogP) is 4.04. The molecule has 0 aliphatic rings. The van der Waals surface area contributed by atoms with Crippen LogP contribution in [0.25, 0.3) is 6.08 Å². The number of benzene rings is 2. The zero-order valence-corrected chi connectivity index (χ0v) is 17.8. The first-order valence-corrected chi connectivity index (χ1v) is 9.93. The Balaban J connectivity index is 1.64. The Morgan fingerprint density at radius 1 is 1.06 bits per heavy atom. The van der Waals surface area contributed by atoms with Gasteiger partial charge in [-0.05, 0) is 55.8 Å². The first kappa shape index (κ1) is 21.8. The molecule has 0 aliphatic heterocycles. The summed E-state index contributed by atoms with van der Waals surface area (Å²) in [5.74, 6) is 0.542. The Hall–Kier alpha value is -3.87. The van der Waals surface area contributed by atoms with Gasteiger partial charge in [-0.15, -0.1) is 0 Å². The molecule has 0 unspecified atom stereocenters. The van der Waals surface area contributed by atoms with Crippen LogP contribution < -0.4 is 14.8 Å². The van der Waals surface area contributed by atoms with Gasteiger partial charge < -0.3 is 14.8 Å². The third-order valence-corrected chi connectivity index (χ3v) is 4.46. The van der Waals surface area contributed by atoms with Crippen molar-refractivity contribution in [3.05, 3.63) is 77.6 Å². The van der Waals surface area contributed by atoms with Crippen molar-refractivity contribution in [3.8, 4) is 11.5 Å². The quantitative estimate of drug-likeness (QED) is 0.418. The average Bonchev–Trinajstić information content (AvgIpc) is 3.19. The molecule has 0 spiro atoms. The van der Waals surface area contributed by atoms with Gasteiger partial charge in [0.1, 0.15) is 5.69 Å². The molecule has 3 aromatic rings. The molecule has 1 N–H and O–H groups in total. The summed E-state index contributed by atoms with van der Waals surface area (Å²) in [7, 11) is 1.72. The van der Waals surface area contributed by atoms with E-state index in [4.69, 9.17) is 9.47 Å². The van der Waals surface area contributed by atoms with E-state index in [2.05, 4.69) is 10.4 Å². The number of ketones is 1. The minimum absolute atomic E-state index is 0.147. The number of nitrogens with zero attached hydrogens (tertiary/aromatic N) is 2. The lowest BCUT2D eigenvalue weighted by molar-refractivity contribution is -0.118. The van der Waals surface area contributed by atoms with Crippen molar-refractivity contribution in [3.63, 3.8) is 0 Å². The molecule has 1 aromatic heterocycles. The molecule has 0 bridgehead atoms. The molecule has 1 amide bonds. The van der Waals surface area contributed by atoms with Gasteiger partial charge in [-0.3, -0.25) is 14.3 Å². The molecular formula is C24H25N3O4. The van der Waals surface area contributed by atoms with Gasteiger partial charge in [0, 0.05) is 18.9 Å². The second-order valence-corrected chi connectivity index (χ2v) is 6.88.